The quantitative estimate of drug-likeness (QED) is 0.0450. The molecule has 0 radical (unpaired) electrons. The Balaban J connectivity index is 2.84. The van der Waals surface area contributed by atoms with Crippen LogP contribution in [0.5, 0.6) is 0 Å². The zero-order valence-corrected chi connectivity index (χ0v) is 65.4. The third-order valence-electron chi connectivity index (χ3n) is 19.0. The van der Waals surface area contributed by atoms with Crippen molar-refractivity contribution in [2.45, 2.75) is 248 Å². The highest BCUT2D eigenvalue weighted by Crippen LogP contribution is 2.27. The van der Waals surface area contributed by atoms with Gasteiger partial charge in [-0.15, -0.1) is 0 Å². The Hall–Kier alpha value is -7.93. The highest BCUT2D eigenvalue weighted by molar-refractivity contribution is 6.03. The molecule has 570 valence electrons. The molecule has 1 saturated heterocycles. The van der Waals surface area contributed by atoms with Gasteiger partial charge in [0.1, 0.15) is 66.1 Å². The number of hydrogen-bond donors (Lipinski definition) is 5. The van der Waals surface area contributed by atoms with Gasteiger partial charge in [-0.25, -0.2) is 4.79 Å². The average Bonchev–Trinajstić information content (AvgIpc) is 0.813. The van der Waals surface area contributed by atoms with E-state index in [0.29, 0.717) is 24.9 Å². The van der Waals surface area contributed by atoms with Crippen LogP contribution in [-0.4, -0.2) is 235 Å². The zero-order chi connectivity index (χ0) is 77.4. The molecule has 11 atom stereocenters. The number of methoxy groups -OCH3 is 1. The number of ether oxygens (including phenoxy) is 1. The summed E-state index contributed by atoms with van der Waals surface area (Å²) in [6, 6.07) is -5.74. The summed E-state index contributed by atoms with van der Waals surface area (Å²) in [6.07, 6.45) is 5.28. The standard InChI is InChI=1S/C75H126N12O14/c1-26-55-70(95)81(18)52(17)69(94)82(19)57(38-44(4)5)67(92)80-61(47(10)11)73(98)83(20)56(37-43(2)3)65(90)77-50(15)63(88)78-51(16)68(93)85(22)59(39-45(6)7)71(96)86(23)60(40-46(8)9)72(97)87(24)62(48(12)13)74(99)84(21)58(66(91)79-55)41-49(14)33-30-28-27-29-31-36-76-64(89)53-34-32-35-54(42-53)75(100)101-25/h32,34-35,42-51,55-62H,17,26-31,33,36-41H2,1-16,18-25H3,(H,76,89)(H,77,90)(H,78,88)(H,79,91)(H,80,92)/t49-,50-,51+,55+,56-,57+,58-,59+,60-,61-,62-/m1/s1. The van der Waals surface area contributed by atoms with Crippen molar-refractivity contribution in [1.82, 2.24) is 60.9 Å². The molecule has 1 fully saturated rings. The molecule has 2 rings (SSSR count). The minimum absolute atomic E-state index is 0.0277. The molecule has 0 aliphatic carbocycles. The normalized spacial score (nSPS) is 24.0. The smallest absolute Gasteiger partial charge is 0.337 e. The Kier molecular flexibility index (Phi) is 36.9. The van der Waals surface area contributed by atoms with E-state index in [9.17, 15) is 43.2 Å². The Morgan fingerprint density at radius 3 is 1.44 bits per heavy atom. The van der Waals surface area contributed by atoms with E-state index >= 15 is 19.2 Å². The number of hydrogen-bond acceptors (Lipinski definition) is 14. The van der Waals surface area contributed by atoms with Crippen LogP contribution in [0.25, 0.3) is 0 Å². The summed E-state index contributed by atoms with van der Waals surface area (Å²) in [6.45, 7) is 32.9. The highest BCUT2D eigenvalue weighted by Gasteiger charge is 2.44. The second kappa shape index (κ2) is 41.9. The van der Waals surface area contributed by atoms with Gasteiger partial charge in [-0.2, -0.15) is 0 Å². The van der Waals surface area contributed by atoms with Gasteiger partial charge in [-0.1, -0.05) is 142 Å². The van der Waals surface area contributed by atoms with Gasteiger partial charge in [-0.3, -0.25) is 57.5 Å². The zero-order valence-electron chi connectivity index (χ0n) is 65.4. The fourth-order valence-electron chi connectivity index (χ4n) is 12.7. The lowest BCUT2D eigenvalue weighted by Gasteiger charge is -2.41. The molecule has 101 heavy (non-hydrogen) atoms. The van der Waals surface area contributed by atoms with E-state index in [0.717, 1.165) is 35.5 Å². The van der Waals surface area contributed by atoms with E-state index in [1.165, 1.54) is 101 Å². The topological polar surface area (TPSA) is 314 Å². The summed E-state index contributed by atoms with van der Waals surface area (Å²) in [5.41, 5.74) is 0.275. The molecule has 12 amide bonds. The van der Waals surface area contributed by atoms with Crippen molar-refractivity contribution in [2.75, 3.05) is 63.0 Å². The first-order valence-corrected chi connectivity index (χ1v) is 36.2. The monoisotopic (exact) mass is 1420 g/mol. The van der Waals surface area contributed by atoms with Crippen LogP contribution in [0.4, 0.5) is 0 Å². The molecule has 1 aliphatic rings. The van der Waals surface area contributed by atoms with Gasteiger partial charge in [-0.05, 0) is 118 Å². The second-order valence-electron chi connectivity index (χ2n) is 30.2. The van der Waals surface area contributed by atoms with Crippen molar-refractivity contribution in [3.05, 3.63) is 47.7 Å². The third kappa shape index (κ3) is 26.1. The first kappa shape index (κ1) is 89.2. The second-order valence-corrected chi connectivity index (χ2v) is 30.2. The molecule has 1 aromatic rings. The van der Waals surface area contributed by atoms with E-state index in [1.54, 1.807) is 52.8 Å². The minimum Gasteiger partial charge on any atom is -0.465 e. The van der Waals surface area contributed by atoms with Crippen LogP contribution in [0.2, 0.25) is 0 Å². The van der Waals surface area contributed by atoms with Crippen LogP contribution < -0.4 is 26.6 Å². The number of carbonyl (C=O) groups is 13. The van der Waals surface area contributed by atoms with Gasteiger partial charge < -0.3 is 65.6 Å². The summed E-state index contributed by atoms with van der Waals surface area (Å²) in [5.74, 6) is -10.1. The average molecular weight is 1420 g/mol. The lowest BCUT2D eigenvalue weighted by Crippen LogP contribution is -2.61. The molecule has 0 bridgehead atoms. The number of carbonyl (C=O) groups excluding carboxylic acids is 13. The Morgan fingerprint density at radius 1 is 0.485 bits per heavy atom. The van der Waals surface area contributed by atoms with Gasteiger partial charge in [0.15, 0.2) is 0 Å². The Morgan fingerprint density at radius 2 is 0.921 bits per heavy atom. The Labute approximate surface area is 602 Å². The molecule has 5 N–H and O–H groups in total. The summed E-state index contributed by atoms with van der Waals surface area (Å²) in [5, 5.41) is 14.1. The molecule has 0 aromatic heterocycles. The van der Waals surface area contributed by atoms with Gasteiger partial charge in [0.25, 0.3) is 11.8 Å². The number of nitrogens with one attached hydrogen (secondary N) is 5. The number of likely N-dealkylation sites (N-methyl/N-ethyl adjacent to an activating group) is 7. The van der Waals surface area contributed by atoms with Crippen molar-refractivity contribution in [2.24, 2.45) is 41.4 Å². The first-order chi connectivity index (χ1) is 47.0. The van der Waals surface area contributed by atoms with E-state index in [-0.39, 0.29) is 85.3 Å². The summed E-state index contributed by atoms with van der Waals surface area (Å²) in [7, 11) is 11.3. The number of benzene rings is 1. The molecule has 0 unspecified atom stereocenters. The predicted molar refractivity (Wildman–Crippen MR) is 390 cm³/mol. The van der Waals surface area contributed by atoms with Crippen LogP contribution in [0, 0.1) is 41.4 Å². The van der Waals surface area contributed by atoms with Crippen molar-refractivity contribution in [1.29, 1.82) is 0 Å². The van der Waals surface area contributed by atoms with Crippen molar-refractivity contribution in [3.8, 4) is 0 Å². The molecular formula is C75H126N12O14. The number of esters is 1. The molecule has 1 aliphatic heterocycles. The number of unbranched alkanes of at least 4 members (excludes halogenated alkanes) is 4. The maximum absolute atomic E-state index is 15.4. The summed E-state index contributed by atoms with van der Waals surface area (Å²) in [4.78, 5) is 196. The maximum atomic E-state index is 15.4. The van der Waals surface area contributed by atoms with E-state index in [2.05, 4.69) is 33.2 Å². The SMILES string of the molecule is C=C1C(=O)N(C)[C@@H](CC(C)C)C(=O)N[C@H](C(C)C)C(=O)N(C)[C@H](CC(C)C)C(=O)N[C@H](C)C(=O)N[C@@H](C)C(=O)N(C)[C@@H](CC(C)C)C(=O)N(C)[C@H](CC(C)C)C(=O)N(C)[C@H](C(C)C)C(=O)N(C)[C@H](C[C@H](C)CCCCCCCNC(=O)c2cccc(C(=O)OC)c2)C(=O)N[C@@H](CC)C(=O)N1C. The molecule has 0 saturated carbocycles. The van der Waals surface area contributed by atoms with Crippen LogP contribution in [0.15, 0.2) is 36.5 Å². The third-order valence-corrected chi connectivity index (χ3v) is 19.0. The van der Waals surface area contributed by atoms with Gasteiger partial charge in [0.2, 0.25) is 59.1 Å². The lowest BCUT2D eigenvalue weighted by atomic mass is 9.92. The largest absolute Gasteiger partial charge is 0.465 e. The van der Waals surface area contributed by atoms with Crippen LogP contribution in [-0.2, 0) is 57.5 Å². The van der Waals surface area contributed by atoms with Crippen LogP contribution in [0.1, 0.15) is 209 Å². The van der Waals surface area contributed by atoms with Crippen LogP contribution in [0.3, 0.4) is 0 Å². The van der Waals surface area contributed by atoms with Gasteiger partial charge in [0, 0.05) is 61.4 Å². The van der Waals surface area contributed by atoms with E-state index < -0.39 is 143 Å². The molecule has 1 heterocycles. The van der Waals surface area contributed by atoms with Crippen molar-refractivity contribution < 1.29 is 67.1 Å². The van der Waals surface area contributed by atoms with Crippen molar-refractivity contribution in [3.63, 3.8) is 0 Å². The van der Waals surface area contributed by atoms with Crippen LogP contribution >= 0.6 is 0 Å². The number of rotatable bonds is 23. The number of amides is 12. The maximum Gasteiger partial charge on any atom is 0.337 e. The van der Waals surface area contributed by atoms with Crippen molar-refractivity contribution >= 4 is 76.9 Å². The summed E-state index contributed by atoms with van der Waals surface area (Å²) >= 11 is 0. The fourth-order valence-corrected chi connectivity index (χ4v) is 12.7. The minimum atomic E-state index is -1.27. The summed E-state index contributed by atoms with van der Waals surface area (Å²) < 4.78 is 4.79. The highest BCUT2D eigenvalue weighted by atomic mass is 16.5. The molecular weight excluding hydrogens is 1290 g/mol. The first-order valence-electron chi connectivity index (χ1n) is 36.2. The number of nitrogens with zero attached hydrogens (tertiary/aromatic N) is 7. The Bertz CT molecular complexity index is 3020. The molecule has 1 aromatic carbocycles. The van der Waals surface area contributed by atoms with Gasteiger partial charge >= 0.3 is 5.97 Å². The molecule has 26 heteroatoms. The molecule has 0 spiro atoms. The van der Waals surface area contributed by atoms with E-state index in [4.69, 9.17) is 4.74 Å². The fraction of sp³-hybridized carbons (Fsp3) is 0.720. The molecule has 26 nitrogen and oxygen atoms in total. The lowest BCUT2D eigenvalue weighted by molar-refractivity contribution is -0.156. The van der Waals surface area contributed by atoms with E-state index in [1.807, 2.05) is 62.3 Å². The van der Waals surface area contributed by atoms with Gasteiger partial charge in [0.05, 0.1) is 12.7 Å². The predicted octanol–water partition coefficient (Wildman–Crippen LogP) is 6.40.